The molecule has 1 atom stereocenters. The highest BCUT2D eigenvalue weighted by atomic mass is 16.7. The van der Waals surface area contributed by atoms with Gasteiger partial charge >= 0.3 is 6.09 Å². The van der Waals surface area contributed by atoms with E-state index in [1.807, 2.05) is 50.3 Å². The van der Waals surface area contributed by atoms with Crippen molar-refractivity contribution in [1.29, 1.82) is 0 Å². The molecular weight excluding hydrogens is 420 g/mol. The highest BCUT2D eigenvalue weighted by Gasteiger charge is 2.45. The zero-order valence-corrected chi connectivity index (χ0v) is 19.6. The molecule has 1 aliphatic rings. The summed E-state index contributed by atoms with van der Waals surface area (Å²) in [5.74, 6) is -0.652. The third-order valence-corrected chi connectivity index (χ3v) is 5.84. The molecule has 0 aliphatic carbocycles. The number of amides is 1. The number of rotatable bonds is 9. The summed E-state index contributed by atoms with van der Waals surface area (Å²) >= 11 is 0. The molecule has 1 aromatic heterocycles. The Hall–Kier alpha value is -3.45. The monoisotopic (exact) mass is 454 g/mol. The smallest absolute Gasteiger partial charge is 0.434 e. The molecule has 2 rings (SSSR count). The van der Waals surface area contributed by atoms with E-state index in [9.17, 15) is 15.0 Å². The zero-order chi connectivity index (χ0) is 24.4. The molecule has 0 radical (unpaired) electrons. The molecule has 0 aromatic carbocycles. The number of aromatic nitrogens is 1. The first-order chi connectivity index (χ1) is 15.9. The second-order valence-corrected chi connectivity index (χ2v) is 7.60. The first-order valence-corrected chi connectivity index (χ1v) is 10.9. The number of ether oxygens (including phenoxy) is 1. The molecule has 1 saturated heterocycles. The number of hydrogen-bond donors (Lipinski definition) is 2. The van der Waals surface area contributed by atoms with Crippen LogP contribution in [-0.2, 0) is 4.74 Å². The van der Waals surface area contributed by atoms with Gasteiger partial charge < -0.3 is 24.7 Å². The van der Waals surface area contributed by atoms with E-state index in [0.29, 0.717) is 30.7 Å². The van der Waals surface area contributed by atoms with Crippen LogP contribution in [0.15, 0.2) is 85.0 Å². The van der Waals surface area contributed by atoms with Crippen molar-refractivity contribution in [3.63, 3.8) is 0 Å². The second kappa shape index (κ2) is 12.0. The lowest BCUT2D eigenvalue weighted by atomic mass is 9.70. The molecule has 0 spiro atoms. The number of methoxy groups -OCH3 is 1. The van der Waals surface area contributed by atoms with Gasteiger partial charge in [-0.3, -0.25) is 0 Å². The van der Waals surface area contributed by atoms with Gasteiger partial charge in [0.2, 0.25) is 11.8 Å². The average molecular weight is 455 g/mol. The second-order valence-electron chi connectivity index (χ2n) is 7.60. The molecule has 1 unspecified atom stereocenters. The van der Waals surface area contributed by atoms with Crippen molar-refractivity contribution >= 4 is 6.09 Å². The standard InChI is InChI=1S/C26H34N2O5/c1-6-10-13-20(9-4)26(32-5,21(11-7-2)12-8-3)22-16-18-27(19-17-22)25(31)33-28-23(29)14-15-24(28)30/h6-15,22,29-30H,1-2,16-19H2,3-5H3. The number of carbonyl (C=O) groups excluding carboxylic acids is 1. The van der Waals surface area contributed by atoms with Crippen LogP contribution < -0.4 is 4.84 Å². The van der Waals surface area contributed by atoms with Gasteiger partial charge in [0, 0.05) is 32.3 Å². The molecule has 178 valence electrons. The fourth-order valence-corrected chi connectivity index (χ4v) is 4.36. The van der Waals surface area contributed by atoms with Crippen molar-refractivity contribution in [3.05, 3.63) is 85.0 Å². The van der Waals surface area contributed by atoms with Crippen LogP contribution in [0.25, 0.3) is 0 Å². The third-order valence-electron chi connectivity index (χ3n) is 5.84. The van der Waals surface area contributed by atoms with Crippen LogP contribution in [0.2, 0.25) is 0 Å². The number of likely N-dealkylation sites (tertiary alicyclic amines) is 1. The lowest BCUT2D eigenvalue weighted by molar-refractivity contribution is -0.0179. The third kappa shape index (κ3) is 5.49. The summed E-state index contributed by atoms with van der Waals surface area (Å²) in [5.41, 5.74) is 1.20. The van der Waals surface area contributed by atoms with E-state index in [1.165, 1.54) is 12.1 Å². The molecule has 1 amide bonds. The Morgan fingerprint density at radius 3 is 2.21 bits per heavy atom. The van der Waals surface area contributed by atoms with Gasteiger partial charge in [-0.05, 0) is 43.8 Å². The molecule has 1 aliphatic heterocycles. The van der Waals surface area contributed by atoms with E-state index in [4.69, 9.17) is 9.57 Å². The summed E-state index contributed by atoms with van der Waals surface area (Å²) in [4.78, 5) is 19.3. The summed E-state index contributed by atoms with van der Waals surface area (Å²) in [5, 5.41) is 19.5. The van der Waals surface area contributed by atoms with Crippen LogP contribution in [0.5, 0.6) is 11.8 Å². The van der Waals surface area contributed by atoms with Gasteiger partial charge in [-0.25, -0.2) is 4.79 Å². The summed E-state index contributed by atoms with van der Waals surface area (Å²) in [7, 11) is 1.70. The Bertz CT molecular complexity index is 942. The minimum absolute atomic E-state index is 0.0583. The van der Waals surface area contributed by atoms with Gasteiger partial charge in [-0.15, -0.1) is 4.73 Å². The van der Waals surface area contributed by atoms with Crippen molar-refractivity contribution in [2.24, 2.45) is 5.92 Å². The van der Waals surface area contributed by atoms with Crippen LogP contribution in [0.4, 0.5) is 4.79 Å². The van der Waals surface area contributed by atoms with Gasteiger partial charge in [0.05, 0.1) is 0 Å². The largest absolute Gasteiger partial charge is 0.492 e. The number of nitrogens with zero attached hydrogens (tertiary/aromatic N) is 2. The minimum atomic E-state index is -0.748. The normalized spacial score (nSPS) is 18.0. The number of piperidine rings is 1. The van der Waals surface area contributed by atoms with Crippen molar-refractivity contribution in [3.8, 4) is 11.8 Å². The molecular formula is C26H34N2O5. The molecule has 1 fully saturated rings. The maximum atomic E-state index is 12.6. The minimum Gasteiger partial charge on any atom is -0.492 e. The topological polar surface area (TPSA) is 84.2 Å². The Morgan fingerprint density at radius 2 is 1.73 bits per heavy atom. The van der Waals surface area contributed by atoms with Gasteiger partial charge in [0.25, 0.3) is 0 Å². The van der Waals surface area contributed by atoms with E-state index in [0.717, 1.165) is 11.1 Å². The maximum Gasteiger partial charge on any atom is 0.434 e. The Kier molecular flexibility index (Phi) is 9.36. The van der Waals surface area contributed by atoms with Crippen LogP contribution in [0.1, 0.15) is 26.7 Å². The summed E-state index contributed by atoms with van der Waals surface area (Å²) < 4.78 is 6.98. The van der Waals surface area contributed by atoms with Crippen molar-refractivity contribution < 1.29 is 24.6 Å². The zero-order valence-electron chi connectivity index (χ0n) is 19.6. The molecule has 33 heavy (non-hydrogen) atoms. The molecule has 0 saturated carbocycles. The Morgan fingerprint density at radius 1 is 1.09 bits per heavy atom. The van der Waals surface area contributed by atoms with Crippen LogP contribution in [0, 0.1) is 5.92 Å². The molecule has 7 heteroatoms. The number of hydrogen-bond acceptors (Lipinski definition) is 5. The van der Waals surface area contributed by atoms with Gasteiger partial charge in [-0.1, -0.05) is 61.8 Å². The van der Waals surface area contributed by atoms with E-state index >= 15 is 0 Å². The van der Waals surface area contributed by atoms with Crippen molar-refractivity contribution in [2.75, 3.05) is 20.2 Å². The van der Waals surface area contributed by atoms with E-state index in [2.05, 4.69) is 13.2 Å². The molecule has 7 nitrogen and oxygen atoms in total. The highest BCUT2D eigenvalue weighted by molar-refractivity contribution is 5.68. The van der Waals surface area contributed by atoms with Crippen molar-refractivity contribution in [2.45, 2.75) is 32.3 Å². The first kappa shape index (κ1) is 25.8. The van der Waals surface area contributed by atoms with Crippen LogP contribution in [0.3, 0.4) is 0 Å². The molecule has 2 heterocycles. The average Bonchev–Trinajstić information content (AvgIpc) is 3.14. The van der Waals surface area contributed by atoms with Crippen molar-refractivity contribution in [1.82, 2.24) is 9.63 Å². The fourth-order valence-electron chi connectivity index (χ4n) is 4.36. The van der Waals surface area contributed by atoms with E-state index in [-0.39, 0.29) is 17.7 Å². The summed E-state index contributed by atoms with van der Waals surface area (Å²) in [6, 6.07) is 2.48. The van der Waals surface area contributed by atoms with E-state index < -0.39 is 11.7 Å². The number of allylic oxidation sites excluding steroid dienone is 6. The number of carbonyl (C=O) groups is 1. The molecule has 1 aromatic rings. The van der Waals surface area contributed by atoms with Crippen LogP contribution >= 0.6 is 0 Å². The van der Waals surface area contributed by atoms with Gasteiger partial charge in [0.15, 0.2) is 0 Å². The Balaban J connectivity index is 2.33. The fraction of sp³-hybridized carbons (Fsp3) is 0.346. The molecule has 0 bridgehead atoms. The predicted molar refractivity (Wildman–Crippen MR) is 130 cm³/mol. The quantitative estimate of drug-likeness (QED) is 0.517. The Labute approximate surface area is 195 Å². The summed E-state index contributed by atoms with van der Waals surface area (Å²) in [6.07, 6.45) is 16.0. The van der Waals surface area contributed by atoms with Gasteiger partial charge in [-0.2, -0.15) is 0 Å². The van der Waals surface area contributed by atoms with Gasteiger partial charge in [0.1, 0.15) is 5.60 Å². The summed E-state index contributed by atoms with van der Waals surface area (Å²) in [6.45, 7) is 12.4. The number of aromatic hydroxyl groups is 2. The van der Waals surface area contributed by atoms with E-state index in [1.54, 1.807) is 24.2 Å². The maximum absolute atomic E-state index is 12.6. The lowest BCUT2D eigenvalue weighted by Crippen LogP contribution is -2.50. The lowest BCUT2D eigenvalue weighted by Gasteiger charge is -2.45. The van der Waals surface area contributed by atoms with Crippen LogP contribution in [-0.4, -0.2) is 51.7 Å². The molecule has 2 N–H and O–H groups in total. The predicted octanol–water partition coefficient (Wildman–Crippen LogP) is 4.92. The highest BCUT2D eigenvalue weighted by Crippen LogP contribution is 2.43. The SMILES string of the molecule is C=CC=CC(=CC)C(OC)(C(C=CC)=CC=C)C1CCN(C(=O)On2c(O)ccc2O)CC1. The first-order valence-electron chi connectivity index (χ1n) is 10.9.